The molecule has 1 aliphatic heterocycles. The summed E-state index contributed by atoms with van der Waals surface area (Å²) in [6.45, 7) is 8.23. The number of carbonyl (C=O) groups excluding carboxylic acids is 2. The highest BCUT2D eigenvalue weighted by Crippen LogP contribution is 2.43. The molecule has 132 valence electrons. The number of carbonyl (C=O) groups is 2. The number of hydrogen-bond donors (Lipinski definition) is 1. The molecule has 0 bridgehead atoms. The molecule has 1 N–H and O–H groups in total. The second-order valence-electron chi connectivity index (χ2n) is 6.38. The molecule has 0 atom stereocenters. The zero-order valence-corrected chi connectivity index (χ0v) is 14.8. The average Bonchev–Trinajstić information content (AvgIpc) is 2.54. The van der Waals surface area contributed by atoms with Crippen LogP contribution in [0.5, 0.6) is 11.5 Å². The second-order valence-corrected chi connectivity index (χ2v) is 6.38. The van der Waals surface area contributed by atoms with Gasteiger partial charge in [-0.3, -0.25) is 9.59 Å². The second kappa shape index (κ2) is 6.71. The lowest BCUT2D eigenvalue weighted by molar-refractivity contribution is -0.158. The molecule has 0 aliphatic carbocycles. The van der Waals surface area contributed by atoms with Crippen molar-refractivity contribution in [3.63, 3.8) is 0 Å². The van der Waals surface area contributed by atoms with Crippen molar-refractivity contribution in [2.75, 3.05) is 13.2 Å². The third-order valence-electron chi connectivity index (χ3n) is 4.57. The molecule has 0 fully saturated rings. The third kappa shape index (κ3) is 3.47. The molecular weight excluding hydrogens is 312 g/mol. The molecule has 0 spiro atoms. The van der Waals surface area contributed by atoms with Gasteiger partial charge in [0.25, 0.3) is 0 Å². The Balaban J connectivity index is 2.40. The first-order valence-corrected chi connectivity index (χ1v) is 7.94. The highest BCUT2D eigenvalue weighted by Gasteiger charge is 2.41. The van der Waals surface area contributed by atoms with Crippen LogP contribution in [0.2, 0.25) is 0 Å². The molecule has 1 aliphatic rings. The molecule has 0 saturated carbocycles. The summed E-state index contributed by atoms with van der Waals surface area (Å²) in [4.78, 5) is 22.4. The van der Waals surface area contributed by atoms with E-state index in [1.165, 1.54) is 13.8 Å². The third-order valence-corrected chi connectivity index (χ3v) is 4.57. The van der Waals surface area contributed by atoms with E-state index in [-0.39, 0.29) is 19.0 Å². The molecule has 1 heterocycles. The lowest BCUT2D eigenvalue weighted by Crippen LogP contribution is -2.49. The number of aromatic hydroxyl groups is 1. The van der Waals surface area contributed by atoms with Crippen molar-refractivity contribution in [2.45, 2.75) is 53.1 Å². The Labute approximate surface area is 141 Å². The van der Waals surface area contributed by atoms with Crippen molar-refractivity contribution in [3.8, 4) is 11.5 Å². The summed E-state index contributed by atoms with van der Waals surface area (Å²) in [5.74, 6) is 0.124. The molecule has 0 saturated heterocycles. The van der Waals surface area contributed by atoms with E-state index >= 15 is 0 Å². The zero-order valence-electron chi connectivity index (χ0n) is 14.8. The van der Waals surface area contributed by atoms with Gasteiger partial charge in [-0.1, -0.05) is 0 Å². The SMILES string of the molecule is CC(=O)OCC1(COC(C)=O)CCc2c(C)c(O)c(C)c(C)c2O1. The van der Waals surface area contributed by atoms with Gasteiger partial charge in [-0.05, 0) is 50.3 Å². The van der Waals surface area contributed by atoms with E-state index < -0.39 is 17.5 Å². The van der Waals surface area contributed by atoms with Crippen LogP contribution >= 0.6 is 0 Å². The summed E-state index contributed by atoms with van der Waals surface area (Å²) in [5, 5.41) is 10.2. The first-order chi connectivity index (χ1) is 11.2. The number of rotatable bonds is 4. The molecule has 0 radical (unpaired) electrons. The number of hydrogen-bond acceptors (Lipinski definition) is 6. The van der Waals surface area contributed by atoms with Crippen molar-refractivity contribution in [1.82, 2.24) is 0 Å². The van der Waals surface area contributed by atoms with Crippen molar-refractivity contribution in [3.05, 3.63) is 22.3 Å². The normalized spacial score (nSPS) is 15.2. The smallest absolute Gasteiger partial charge is 0.302 e. The van der Waals surface area contributed by atoms with Crippen molar-refractivity contribution in [1.29, 1.82) is 0 Å². The lowest BCUT2D eigenvalue weighted by atomic mass is 9.87. The van der Waals surface area contributed by atoms with E-state index in [0.717, 1.165) is 22.3 Å². The van der Waals surface area contributed by atoms with Crippen LogP contribution in [-0.2, 0) is 25.5 Å². The predicted octanol–water partition coefficient (Wildman–Crippen LogP) is 2.51. The van der Waals surface area contributed by atoms with Crippen LogP contribution in [0.4, 0.5) is 0 Å². The topological polar surface area (TPSA) is 82.1 Å². The predicted molar refractivity (Wildman–Crippen MR) is 87.3 cm³/mol. The molecule has 6 nitrogen and oxygen atoms in total. The summed E-state index contributed by atoms with van der Waals surface area (Å²) in [5.41, 5.74) is 2.41. The maximum absolute atomic E-state index is 11.2. The van der Waals surface area contributed by atoms with Crippen LogP contribution in [0.15, 0.2) is 0 Å². The van der Waals surface area contributed by atoms with Crippen molar-refractivity contribution in [2.24, 2.45) is 0 Å². The van der Waals surface area contributed by atoms with Gasteiger partial charge in [-0.25, -0.2) is 0 Å². The van der Waals surface area contributed by atoms with Gasteiger partial charge >= 0.3 is 11.9 Å². The number of phenols is 1. The van der Waals surface area contributed by atoms with Crippen LogP contribution in [0.1, 0.15) is 42.5 Å². The van der Waals surface area contributed by atoms with Gasteiger partial charge in [0, 0.05) is 19.4 Å². The largest absolute Gasteiger partial charge is 0.507 e. The molecule has 0 amide bonds. The molecule has 1 aromatic carbocycles. The summed E-state index contributed by atoms with van der Waals surface area (Å²) < 4.78 is 16.5. The summed E-state index contributed by atoms with van der Waals surface area (Å²) in [6, 6.07) is 0. The van der Waals surface area contributed by atoms with E-state index in [2.05, 4.69) is 0 Å². The number of phenolic OH excluding ortho intramolecular Hbond substituents is 1. The highest BCUT2D eigenvalue weighted by molar-refractivity contribution is 5.66. The van der Waals surface area contributed by atoms with Crippen LogP contribution < -0.4 is 4.74 Å². The molecular formula is C18H24O6. The quantitative estimate of drug-likeness (QED) is 0.851. The Morgan fingerprint density at radius 1 is 1.04 bits per heavy atom. The Morgan fingerprint density at radius 3 is 2.08 bits per heavy atom. The maximum atomic E-state index is 11.2. The van der Waals surface area contributed by atoms with Gasteiger partial charge in [0.15, 0.2) is 5.60 Å². The Kier molecular flexibility index (Phi) is 5.06. The zero-order chi connectivity index (χ0) is 18.1. The fraction of sp³-hybridized carbons (Fsp3) is 0.556. The lowest BCUT2D eigenvalue weighted by Gasteiger charge is -2.39. The minimum absolute atomic E-state index is 0.00741. The number of fused-ring (bicyclic) bond motifs is 1. The fourth-order valence-electron chi connectivity index (χ4n) is 2.94. The maximum Gasteiger partial charge on any atom is 0.302 e. The van der Waals surface area contributed by atoms with Crippen LogP contribution in [0.3, 0.4) is 0 Å². The average molecular weight is 336 g/mol. The minimum Gasteiger partial charge on any atom is -0.507 e. The van der Waals surface area contributed by atoms with E-state index in [4.69, 9.17) is 14.2 Å². The first-order valence-electron chi connectivity index (χ1n) is 7.94. The van der Waals surface area contributed by atoms with Crippen molar-refractivity contribution >= 4 is 11.9 Å². The Bertz CT molecular complexity index is 659. The van der Waals surface area contributed by atoms with E-state index in [9.17, 15) is 14.7 Å². The minimum atomic E-state index is -0.912. The first kappa shape index (κ1) is 18.1. The van der Waals surface area contributed by atoms with E-state index in [1.807, 2.05) is 20.8 Å². The molecule has 0 unspecified atom stereocenters. The Hall–Kier alpha value is -2.24. The monoisotopic (exact) mass is 336 g/mol. The van der Waals surface area contributed by atoms with Gasteiger partial charge in [-0.2, -0.15) is 0 Å². The molecule has 0 aromatic heterocycles. The summed E-state index contributed by atoms with van der Waals surface area (Å²) in [7, 11) is 0. The fourth-order valence-corrected chi connectivity index (χ4v) is 2.94. The van der Waals surface area contributed by atoms with Gasteiger partial charge in [0.2, 0.25) is 0 Å². The molecule has 6 heteroatoms. The Morgan fingerprint density at radius 2 is 1.58 bits per heavy atom. The number of ether oxygens (including phenoxy) is 3. The van der Waals surface area contributed by atoms with Crippen LogP contribution in [0, 0.1) is 20.8 Å². The van der Waals surface area contributed by atoms with E-state index in [1.54, 1.807) is 0 Å². The van der Waals surface area contributed by atoms with Crippen LogP contribution in [0.25, 0.3) is 0 Å². The highest BCUT2D eigenvalue weighted by atomic mass is 16.6. The standard InChI is InChI=1S/C18H24O6/c1-10-11(2)17-15(12(3)16(10)21)6-7-18(24-17,8-22-13(4)19)9-23-14(5)20/h21H,6-9H2,1-5H3. The summed E-state index contributed by atoms with van der Waals surface area (Å²) in [6.07, 6.45) is 1.15. The van der Waals surface area contributed by atoms with Gasteiger partial charge < -0.3 is 19.3 Å². The number of esters is 2. The van der Waals surface area contributed by atoms with Crippen molar-refractivity contribution < 1.29 is 28.9 Å². The molecule has 24 heavy (non-hydrogen) atoms. The van der Waals surface area contributed by atoms with Crippen LogP contribution in [-0.4, -0.2) is 35.9 Å². The van der Waals surface area contributed by atoms with Gasteiger partial charge in [-0.15, -0.1) is 0 Å². The van der Waals surface area contributed by atoms with Gasteiger partial charge in [0.05, 0.1) is 0 Å². The number of benzene rings is 1. The molecule has 1 aromatic rings. The summed E-state index contributed by atoms with van der Waals surface area (Å²) >= 11 is 0. The van der Waals surface area contributed by atoms with E-state index in [0.29, 0.717) is 18.6 Å². The molecule has 2 rings (SSSR count). The van der Waals surface area contributed by atoms with Gasteiger partial charge in [0.1, 0.15) is 24.7 Å².